The molecular weight excluding hydrogens is 250 g/mol. The van der Waals surface area contributed by atoms with Gasteiger partial charge in [-0.25, -0.2) is 0 Å². The predicted octanol–water partition coefficient (Wildman–Crippen LogP) is 2.85. The van der Waals surface area contributed by atoms with E-state index in [1.54, 1.807) is 17.5 Å². The van der Waals surface area contributed by atoms with Gasteiger partial charge in [-0.2, -0.15) is 5.10 Å². The van der Waals surface area contributed by atoms with Gasteiger partial charge in [-0.05, 0) is 27.4 Å². The summed E-state index contributed by atoms with van der Waals surface area (Å²) < 4.78 is 1.16. The maximum atomic E-state index is 3.85. The van der Waals surface area contributed by atoms with Crippen molar-refractivity contribution in [3.8, 4) is 0 Å². The molecule has 2 aromatic heterocycles. The Balaban J connectivity index is 1.97. The normalized spacial score (nSPS) is 10.2. The number of H-pyrrole nitrogens is 1. The fourth-order valence-electron chi connectivity index (χ4n) is 0.981. The highest BCUT2D eigenvalue weighted by molar-refractivity contribution is 9.10. The average Bonchev–Trinajstić information content (AvgIpc) is 2.72. The van der Waals surface area contributed by atoms with E-state index in [0.717, 1.165) is 16.7 Å². The van der Waals surface area contributed by atoms with Crippen LogP contribution >= 0.6 is 27.3 Å². The molecule has 3 nitrogen and oxygen atoms in total. The van der Waals surface area contributed by atoms with Crippen molar-refractivity contribution in [3.05, 3.63) is 33.2 Å². The Morgan fingerprint density at radius 3 is 3.15 bits per heavy atom. The van der Waals surface area contributed by atoms with Gasteiger partial charge in [0.2, 0.25) is 0 Å². The largest absolute Gasteiger partial charge is 0.378 e. The van der Waals surface area contributed by atoms with Crippen LogP contribution in [0.15, 0.2) is 28.3 Å². The second-order valence-electron chi connectivity index (χ2n) is 2.53. The topological polar surface area (TPSA) is 40.7 Å². The van der Waals surface area contributed by atoms with Gasteiger partial charge >= 0.3 is 0 Å². The van der Waals surface area contributed by atoms with Crippen molar-refractivity contribution in [2.75, 3.05) is 5.32 Å². The van der Waals surface area contributed by atoms with Crippen molar-refractivity contribution in [1.82, 2.24) is 10.2 Å². The van der Waals surface area contributed by atoms with Crippen LogP contribution in [-0.4, -0.2) is 10.2 Å². The quantitative estimate of drug-likeness (QED) is 0.888. The number of aromatic amines is 1. The molecule has 2 heterocycles. The van der Waals surface area contributed by atoms with Crippen LogP contribution in [0.25, 0.3) is 0 Å². The molecule has 2 rings (SSSR count). The fourth-order valence-corrected chi connectivity index (χ4v) is 2.41. The lowest BCUT2D eigenvalue weighted by Gasteiger charge is -2.00. The molecule has 0 bridgehead atoms. The highest BCUT2D eigenvalue weighted by Crippen LogP contribution is 2.23. The van der Waals surface area contributed by atoms with E-state index in [2.05, 4.69) is 42.9 Å². The summed E-state index contributed by atoms with van der Waals surface area (Å²) in [5.74, 6) is 0. The summed E-state index contributed by atoms with van der Waals surface area (Å²) in [5, 5.41) is 11.9. The van der Waals surface area contributed by atoms with Crippen molar-refractivity contribution in [2.45, 2.75) is 6.54 Å². The van der Waals surface area contributed by atoms with Gasteiger partial charge in [-0.15, -0.1) is 11.3 Å². The molecule has 0 aliphatic heterocycles. The molecule has 0 radical (unpaired) electrons. The second-order valence-corrected chi connectivity index (χ2v) is 4.39. The van der Waals surface area contributed by atoms with Crippen LogP contribution in [0.3, 0.4) is 0 Å². The van der Waals surface area contributed by atoms with Crippen molar-refractivity contribution in [2.24, 2.45) is 0 Å². The minimum Gasteiger partial charge on any atom is -0.378 e. The first-order chi connectivity index (χ1) is 6.36. The summed E-state index contributed by atoms with van der Waals surface area (Å²) in [6.45, 7) is 0.831. The zero-order valence-corrected chi connectivity index (χ0v) is 9.15. The van der Waals surface area contributed by atoms with Gasteiger partial charge in [0, 0.05) is 15.5 Å². The number of nitrogens with zero attached hydrogens (tertiary/aromatic N) is 1. The molecule has 68 valence electrons. The molecule has 13 heavy (non-hydrogen) atoms. The summed E-state index contributed by atoms with van der Waals surface area (Å²) in [6, 6.07) is 2.05. The highest BCUT2D eigenvalue weighted by Gasteiger charge is 2.00. The SMILES string of the molecule is Brc1ccsc1CNc1cn[nH]c1. The Hall–Kier alpha value is -0.810. The summed E-state index contributed by atoms with van der Waals surface area (Å²) in [4.78, 5) is 1.29. The first-order valence-corrected chi connectivity index (χ1v) is 5.48. The molecular formula is C8H8BrN3S. The molecule has 0 saturated carbocycles. The molecule has 0 unspecified atom stereocenters. The average molecular weight is 258 g/mol. The van der Waals surface area contributed by atoms with Crippen molar-refractivity contribution >= 4 is 33.0 Å². The van der Waals surface area contributed by atoms with Crippen molar-refractivity contribution in [1.29, 1.82) is 0 Å². The van der Waals surface area contributed by atoms with Crippen LogP contribution in [0.1, 0.15) is 4.88 Å². The Labute approximate surface area is 88.3 Å². The van der Waals surface area contributed by atoms with Gasteiger partial charge in [0.25, 0.3) is 0 Å². The van der Waals surface area contributed by atoms with E-state index >= 15 is 0 Å². The minimum absolute atomic E-state index is 0.831. The smallest absolute Gasteiger partial charge is 0.0726 e. The predicted molar refractivity (Wildman–Crippen MR) is 57.9 cm³/mol. The van der Waals surface area contributed by atoms with E-state index in [4.69, 9.17) is 0 Å². The van der Waals surface area contributed by atoms with Crippen molar-refractivity contribution in [3.63, 3.8) is 0 Å². The maximum Gasteiger partial charge on any atom is 0.0726 e. The Kier molecular flexibility index (Phi) is 2.65. The van der Waals surface area contributed by atoms with E-state index in [1.165, 1.54) is 4.88 Å². The fraction of sp³-hybridized carbons (Fsp3) is 0.125. The summed E-state index contributed by atoms with van der Waals surface area (Å²) in [6.07, 6.45) is 3.60. The maximum absolute atomic E-state index is 3.85. The standard InChI is InChI=1S/C8H8BrN3S/c9-7-1-2-13-8(7)5-10-6-3-11-12-4-6/h1-4,10H,5H2,(H,11,12). The Morgan fingerprint density at radius 1 is 1.62 bits per heavy atom. The summed E-state index contributed by atoms with van der Waals surface area (Å²) >= 11 is 5.21. The van der Waals surface area contributed by atoms with Gasteiger partial charge in [0.05, 0.1) is 18.4 Å². The molecule has 2 N–H and O–H groups in total. The second kappa shape index (κ2) is 3.93. The third-order valence-corrected chi connectivity index (χ3v) is 3.57. The molecule has 5 heteroatoms. The van der Waals surface area contributed by atoms with Crippen LogP contribution < -0.4 is 5.32 Å². The highest BCUT2D eigenvalue weighted by atomic mass is 79.9. The summed E-state index contributed by atoms with van der Waals surface area (Å²) in [5.41, 5.74) is 1.01. The molecule has 0 aliphatic carbocycles. The van der Waals surface area contributed by atoms with E-state index < -0.39 is 0 Å². The summed E-state index contributed by atoms with van der Waals surface area (Å²) in [7, 11) is 0. The first kappa shape index (κ1) is 8.77. The van der Waals surface area contributed by atoms with Gasteiger partial charge in [-0.1, -0.05) is 0 Å². The number of aromatic nitrogens is 2. The molecule has 0 aromatic carbocycles. The molecule has 0 fully saturated rings. The Morgan fingerprint density at radius 2 is 2.54 bits per heavy atom. The molecule has 0 saturated heterocycles. The number of hydrogen-bond acceptors (Lipinski definition) is 3. The molecule has 0 atom stereocenters. The minimum atomic E-state index is 0.831. The van der Waals surface area contributed by atoms with Crippen LogP contribution in [0.5, 0.6) is 0 Å². The third-order valence-electron chi connectivity index (χ3n) is 1.64. The lowest BCUT2D eigenvalue weighted by atomic mass is 10.4. The zero-order valence-electron chi connectivity index (χ0n) is 6.75. The number of anilines is 1. The first-order valence-electron chi connectivity index (χ1n) is 3.81. The van der Waals surface area contributed by atoms with Crippen LogP contribution in [-0.2, 0) is 6.54 Å². The monoisotopic (exact) mass is 257 g/mol. The lowest BCUT2D eigenvalue weighted by molar-refractivity contribution is 1.09. The zero-order chi connectivity index (χ0) is 9.10. The van der Waals surface area contributed by atoms with Gasteiger partial charge in [0.1, 0.15) is 0 Å². The number of thiophene rings is 1. The van der Waals surface area contributed by atoms with Gasteiger partial charge < -0.3 is 5.32 Å². The van der Waals surface area contributed by atoms with E-state index in [9.17, 15) is 0 Å². The third kappa shape index (κ3) is 2.10. The van der Waals surface area contributed by atoms with Gasteiger partial charge in [-0.3, -0.25) is 5.10 Å². The van der Waals surface area contributed by atoms with Gasteiger partial charge in [0.15, 0.2) is 0 Å². The van der Waals surface area contributed by atoms with E-state index in [-0.39, 0.29) is 0 Å². The molecule has 2 aromatic rings. The van der Waals surface area contributed by atoms with Crippen molar-refractivity contribution < 1.29 is 0 Å². The molecule has 0 spiro atoms. The lowest BCUT2D eigenvalue weighted by Crippen LogP contribution is -1.96. The van der Waals surface area contributed by atoms with E-state index in [1.807, 2.05) is 6.20 Å². The number of rotatable bonds is 3. The van der Waals surface area contributed by atoms with E-state index in [0.29, 0.717) is 0 Å². The number of nitrogens with one attached hydrogen (secondary N) is 2. The number of hydrogen-bond donors (Lipinski definition) is 2. The van der Waals surface area contributed by atoms with Crippen LogP contribution in [0.4, 0.5) is 5.69 Å². The molecule has 0 aliphatic rings. The van der Waals surface area contributed by atoms with Crippen LogP contribution in [0.2, 0.25) is 0 Å². The van der Waals surface area contributed by atoms with Crippen LogP contribution in [0, 0.1) is 0 Å². The molecule has 0 amide bonds. The number of halogens is 1. The Bertz CT molecular complexity index is 368.